The molecule has 0 atom stereocenters. The van der Waals surface area contributed by atoms with E-state index in [2.05, 4.69) is 24.0 Å². The van der Waals surface area contributed by atoms with E-state index in [4.69, 9.17) is 0 Å². The van der Waals surface area contributed by atoms with Crippen molar-refractivity contribution in [1.29, 1.82) is 0 Å². The van der Waals surface area contributed by atoms with Gasteiger partial charge in [-0.05, 0) is 45.0 Å². The molecule has 1 aromatic carbocycles. The Morgan fingerprint density at radius 2 is 1.96 bits per heavy atom. The number of carbonyl (C=O) groups excluding carboxylic acids is 1. The Kier molecular flexibility index (Phi) is 4.52. The Morgan fingerprint density at radius 1 is 1.26 bits per heavy atom. The van der Waals surface area contributed by atoms with E-state index in [9.17, 15) is 9.59 Å². The molecule has 1 N–H and O–H groups in total. The fourth-order valence-corrected chi connectivity index (χ4v) is 3.38. The molecule has 6 nitrogen and oxygen atoms in total. The van der Waals surface area contributed by atoms with E-state index < -0.39 is 0 Å². The maximum Gasteiger partial charge on any atom is 0.326 e. The van der Waals surface area contributed by atoms with Gasteiger partial charge in [0.25, 0.3) is 0 Å². The van der Waals surface area contributed by atoms with E-state index in [0.29, 0.717) is 5.92 Å². The molecular formula is C17H24N4O2. The van der Waals surface area contributed by atoms with Gasteiger partial charge >= 0.3 is 5.69 Å². The number of imidazole rings is 1. The summed E-state index contributed by atoms with van der Waals surface area (Å²) in [5, 5.41) is 0. The minimum Gasteiger partial charge on any atom is -0.341 e. The first kappa shape index (κ1) is 15.8. The SMILES string of the molecule is CN(C)CC1CCN(C(=O)Cn2c(=O)[nH]c3ccccc32)CC1. The smallest absolute Gasteiger partial charge is 0.326 e. The van der Waals surface area contributed by atoms with Crippen molar-refractivity contribution in [2.75, 3.05) is 33.7 Å². The van der Waals surface area contributed by atoms with E-state index in [1.54, 1.807) is 0 Å². The predicted molar refractivity (Wildman–Crippen MR) is 90.4 cm³/mol. The van der Waals surface area contributed by atoms with Gasteiger partial charge in [0.1, 0.15) is 6.54 Å². The van der Waals surface area contributed by atoms with Crippen molar-refractivity contribution in [3.63, 3.8) is 0 Å². The molecule has 1 aliphatic rings. The topological polar surface area (TPSA) is 61.3 Å². The molecule has 6 heteroatoms. The first-order valence-electron chi connectivity index (χ1n) is 8.14. The molecule has 3 rings (SSSR count). The lowest BCUT2D eigenvalue weighted by Gasteiger charge is -2.33. The number of carbonyl (C=O) groups is 1. The highest BCUT2D eigenvalue weighted by atomic mass is 16.2. The van der Waals surface area contributed by atoms with Gasteiger partial charge in [0, 0.05) is 19.6 Å². The fraction of sp³-hybridized carbons (Fsp3) is 0.529. The van der Waals surface area contributed by atoms with E-state index in [-0.39, 0.29) is 18.1 Å². The fourth-order valence-electron chi connectivity index (χ4n) is 3.38. The molecule has 0 spiro atoms. The Balaban J connectivity index is 1.66. The summed E-state index contributed by atoms with van der Waals surface area (Å²) in [4.78, 5) is 31.5. The second kappa shape index (κ2) is 6.58. The number of nitrogens with zero attached hydrogens (tertiary/aromatic N) is 3. The summed E-state index contributed by atoms with van der Waals surface area (Å²) < 4.78 is 1.53. The number of fused-ring (bicyclic) bond motifs is 1. The zero-order valence-electron chi connectivity index (χ0n) is 13.8. The van der Waals surface area contributed by atoms with Gasteiger partial charge in [0.15, 0.2) is 0 Å². The Bertz CT molecular complexity index is 738. The number of rotatable bonds is 4. The van der Waals surface area contributed by atoms with Crippen LogP contribution in [0.5, 0.6) is 0 Å². The van der Waals surface area contributed by atoms with Crippen molar-refractivity contribution in [2.45, 2.75) is 19.4 Å². The van der Waals surface area contributed by atoms with Crippen LogP contribution in [0.2, 0.25) is 0 Å². The highest BCUT2D eigenvalue weighted by Crippen LogP contribution is 2.18. The highest BCUT2D eigenvalue weighted by molar-refractivity contribution is 5.80. The number of aromatic amines is 1. The molecule has 2 heterocycles. The quantitative estimate of drug-likeness (QED) is 0.920. The van der Waals surface area contributed by atoms with Crippen LogP contribution in [0.25, 0.3) is 11.0 Å². The van der Waals surface area contributed by atoms with Gasteiger partial charge in [-0.3, -0.25) is 9.36 Å². The van der Waals surface area contributed by atoms with Crippen molar-refractivity contribution in [3.05, 3.63) is 34.7 Å². The highest BCUT2D eigenvalue weighted by Gasteiger charge is 2.23. The molecule has 0 radical (unpaired) electrons. The number of amides is 1. The van der Waals surface area contributed by atoms with E-state index in [0.717, 1.165) is 43.5 Å². The maximum atomic E-state index is 12.5. The van der Waals surface area contributed by atoms with Crippen LogP contribution in [0.3, 0.4) is 0 Å². The second-order valence-corrected chi connectivity index (χ2v) is 6.62. The molecular weight excluding hydrogens is 292 g/mol. The number of aromatic nitrogens is 2. The van der Waals surface area contributed by atoms with Crippen LogP contribution >= 0.6 is 0 Å². The molecule has 2 aromatic rings. The van der Waals surface area contributed by atoms with E-state index in [1.165, 1.54) is 4.57 Å². The Morgan fingerprint density at radius 3 is 2.65 bits per heavy atom. The average Bonchev–Trinajstić information content (AvgIpc) is 2.83. The van der Waals surface area contributed by atoms with Crippen molar-refractivity contribution in [3.8, 4) is 0 Å². The van der Waals surface area contributed by atoms with Gasteiger partial charge in [0.2, 0.25) is 5.91 Å². The summed E-state index contributed by atoms with van der Waals surface area (Å²) in [5.41, 5.74) is 1.34. The zero-order valence-corrected chi connectivity index (χ0v) is 13.8. The van der Waals surface area contributed by atoms with Gasteiger partial charge in [-0.25, -0.2) is 4.79 Å². The largest absolute Gasteiger partial charge is 0.341 e. The summed E-state index contributed by atoms with van der Waals surface area (Å²) in [5.74, 6) is 0.685. The standard InChI is InChI=1S/C17H24N4O2/c1-19(2)11-13-7-9-20(10-8-13)16(22)12-21-15-6-4-3-5-14(15)18-17(21)23/h3-6,13H,7-12H2,1-2H3,(H,18,23). The Hall–Kier alpha value is -2.08. The lowest BCUT2D eigenvalue weighted by Crippen LogP contribution is -2.42. The number of hydrogen-bond donors (Lipinski definition) is 1. The lowest BCUT2D eigenvalue weighted by molar-refractivity contribution is -0.133. The normalized spacial score (nSPS) is 16.4. The number of likely N-dealkylation sites (tertiary alicyclic amines) is 1. The predicted octanol–water partition coefficient (Wildman–Crippen LogP) is 1.13. The van der Waals surface area contributed by atoms with Crippen molar-refractivity contribution in [2.24, 2.45) is 5.92 Å². The molecule has 1 fully saturated rings. The third kappa shape index (κ3) is 3.47. The molecule has 0 bridgehead atoms. The van der Waals surface area contributed by atoms with E-state index in [1.807, 2.05) is 29.2 Å². The van der Waals surface area contributed by atoms with E-state index >= 15 is 0 Å². The monoisotopic (exact) mass is 316 g/mol. The molecule has 0 saturated carbocycles. The molecule has 23 heavy (non-hydrogen) atoms. The third-order valence-electron chi connectivity index (χ3n) is 4.57. The van der Waals surface area contributed by atoms with Crippen molar-refractivity contribution in [1.82, 2.24) is 19.4 Å². The minimum absolute atomic E-state index is 0.0279. The third-order valence-corrected chi connectivity index (χ3v) is 4.57. The van der Waals surface area contributed by atoms with Gasteiger partial charge in [0.05, 0.1) is 11.0 Å². The first-order valence-corrected chi connectivity index (χ1v) is 8.14. The summed E-state index contributed by atoms with van der Waals surface area (Å²) in [6.07, 6.45) is 2.07. The van der Waals surface area contributed by atoms with Crippen LogP contribution in [0.1, 0.15) is 12.8 Å². The summed E-state index contributed by atoms with van der Waals surface area (Å²) in [6, 6.07) is 7.47. The number of H-pyrrole nitrogens is 1. The number of nitrogens with one attached hydrogen (secondary N) is 1. The van der Waals surface area contributed by atoms with Crippen LogP contribution in [0.15, 0.2) is 29.1 Å². The second-order valence-electron chi connectivity index (χ2n) is 6.62. The summed E-state index contributed by atoms with van der Waals surface area (Å²) in [6.45, 7) is 2.76. The molecule has 0 aliphatic carbocycles. The van der Waals surface area contributed by atoms with Crippen LogP contribution in [0.4, 0.5) is 0 Å². The van der Waals surface area contributed by atoms with Gasteiger partial charge in [-0.1, -0.05) is 12.1 Å². The number of para-hydroxylation sites is 2. The molecule has 1 aromatic heterocycles. The van der Waals surface area contributed by atoms with Gasteiger partial charge in [-0.2, -0.15) is 0 Å². The molecule has 124 valence electrons. The number of benzene rings is 1. The Labute approximate surface area is 135 Å². The summed E-state index contributed by atoms with van der Waals surface area (Å²) >= 11 is 0. The minimum atomic E-state index is -0.220. The van der Waals surface area contributed by atoms with Crippen LogP contribution in [-0.4, -0.2) is 59.0 Å². The number of hydrogen-bond acceptors (Lipinski definition) is 3. The van der Waals surface area contributed by atoms with Crippen LogP contribution in [-0.2, 0) is 11.3 Å². The van der Waals surface area contributed by atoms with Crippen LogP contribution in [0, 0.1) is 5.92 Å². The van der Waals surface area contributed by atoms with Gasteiger partial charge in [-0.15, -0.1) is 0 Å². The van der Waals surface area contributed by atoms with Crippen molar-refractivity contribution < 1.29 is 4.79 Å². The zero-order chi connectivity index (χ0) is 16.4. The molecule has 1 saturated heterocycles. The average molecular weight is 316 g/mol. The van der Waals surface area contributed by atoms with Gasteiger partial charge < -0.3 is 14.8 Å². The molecule has 0 unspecified atom stereocenters. The first-order chi connectivity index (χ1) is 11.0. The lowest BCUT2D eigenvalue weighted by atomic mass is 9.96. The summed E-state index contributed by atoms with van der Waals surface area (Å²) in [7, 11) is 4.17. The van der Waals surface area contributed by atoms with Crippen molar-refractivity contribution >= 4 is 16.9 Å². The molecule has 1 amide bonds. The maximum absolute atomic E-state index is 12.5. The number of piperidine rings is 1. The molecule has 1 aliphatic heterocycles. The van der Waals surface area contributed by atoms with Crippen LogP contribution < -0.4 is 5.69 Å².